The van der Waals surface area contributed by atoms with Crippen molar-refractivity contribution in [3.05, 3.63) is 125 Å². The van der Waals surface area contributed by atoms with Crippen LogP contribution in [-0.4, -0.2) is 51.9 Å². The number of hydrogen-bond donors (Lipinski definition) is 1. The van der Waals surface area contributed by atoms with Crippen LogP contribution in [0.4, 0.5) is 5.69 Å². The molecule has 4 aromatic carbocycles. The predicted molar refractivity (Wildman–Crippen MR) is 167 cm³/mol. The number of benzene rings is 4. The lowest BCUT2D eigenvalue weighted by atomic mass is 10.0. The van der Waals surface area contributed by atoms with E-state index in [9.17, 15) is 18.0 Å². The van der Waals surface area contributed by atoms with Crippen molar-refractivity contribution < 1.29 is 22.7 Å². The van der Waals surface area contributed by atoms with Gasteiger partial charge in [0, 0.05) is 24.5 Å². The topological polar surface area (TPSA) is 96.0 Å². The van der Waals surface area contributed by atoms with Crippen molar-refractivity contribution in [3.8, 4) is 5.75 Å². The van der Waals surface area contributed by atoms with Gasteiger partial charge >= 0.3 is 0 Å². The first-order chi connectivity index (χ1) is 20.2. The van der Waals surface area contributed by atoms with E-state index in [2.05, 4.69) is 21.2 Å². The highest BCUT2D eigenvalue weighted by Crippen LogP contribution is 2.32. The molecule has 4 rings (SSSR count). The minimum atomic E-state index is -4.21. The molecule has 1 N–H and O–H groups in total. The average molecular weight is 651 g/mol. The molecule has 4 aromatic rings. The quantitative estimate of drug-likeness (QED) is 0.232. The van der Waals surface area contributed by atoms with Crippen LogP contribution in [0.15, 0.2) is 119 Å². The van der Waals surface area contributed by atoms with Crippen molar-refractivity contribution in [2.24, 2.45) is 0 Å². The zero-order valence-corrected chi connectivity index (χ0v) is 25.7. The van der Waals surface area contributed by atoms with E-state index in [0.29, 0.717) is 0 Å². The number of nitrogens with zero attached hydrogens (tertiary/aromatic N) is 2. The van der Waals surface area contributed by atoms with Crippen LogP contribution in [0.2, 0.25) is 0 Å². The second kappa shape index (κ2) is 14.2. The summed E-state index contributed by atoms with van der Waals surface area (Å²) in [5, 5.41) is 2.68. The molecule has 0 saturated carbocycles. The summed E-state index contributed by atoms with van der Waals surface area (Å²) in [5.74, 6) is -0.622. The Morgan fingerprint density at radius 2 is 1.43 bits per heavy atom. The maximum Gasteiger partial charge on any atom is 0.264 e. The summed E-state index contributed by atoms with van der Waals surface area (Å²) in [6.07, 6.45) is 0.239. The van der Waals surface area contributed by atoms with Crippen LogP contribution in [0.1, 0.15) is 11.1 Å². The van der Waals surface area contributed by atoms with Crippen molar-refractivity contribution in [3.63, 3.8) is 0 Å². The van der Waals surface area contributed by atoms with Gasteiger partial charge in [-0.05, 0) is 47.5 Å². The van der Waals surface area contributed by atoms with E-state index < -0.39 is 28.5 Å². The number of ether oxygens (including phenoxy) is 1. The maximum absolute atomic E-state index is 14.3. The van der Waals surface area contributed by atoms with Gasteiger partial charge in [-0.1, -0.05) is 88.7 Å². The minimum absolute atomic E-state index is 0.0234. The second-order valence-electron chi connectivity index (χ2n) is 9.46. The standard InChI is InChI=1S/C32H32BrN3O5S/c1-34-32(38)29(21-24-11-5-3-6-12-24)35(22-25-17-19-26(33)20-18-25)31(37)23-36(28-15-9-10-16-30(28)41-2)42(39,40)27-13-7-4-8-14-27/h3-20,29H,21-23H2,1-2H3,(H,34,38)/t29-/m0/s1. The number of carbonyl (C=O) groups is 2. The van der Waals surface area contributed by atoms with E-state index in [1.807, 2.05) is 54.6 Å². The van der Waals surface area contributed by atoms with Crippen LogP contribution in [-0.2, 0) is 32.6 Å². The third-order valence-corrected chi connectivity index (χ3v) is 9.05. The molecule has 42 heavy (non-hydrogen) atoms. The minimum Gasteiger partial charge on any atom is -0.495 e. The summed E-state index contributed by atoms with van der Waals surface area (Å²) < 4.78 is 35.4. The van der Waals surface area contributed by atoms with Gasteiger partial charge in [0.1, 0.15) is 18.3 Å². The molecule has 0 aromatic heterocycles. The summed E-state index contributed by atoms with van der Waals surface area (Å²) in [6, 6.07) is 30.4. The van der Waals surface area contributed by atoms with Crippen molar-refractivity contribution in [2.75, 3.05) is 25.0 Å². The Labute approximate surface area is 255 Å². The summed E-state index contributed by atoms with van der Waals surface area (Å²) >= 11 is 3.43. The number of methoxy groups -OCH3 is 1. The molecular weight excluding hydrogens is 618 g/mol. The van der Waals surface area contributed by atoms with Gasteiger partial charge in [0.25, 0.3) is 10.0 Å². The highest BCUT2D eigenvalue weighted by Gasteiger charge is 2.35. The number of para-hydroxylation sites is 2. The zero-order chi connectivity index (χ0) is 30.1. The first kappa shape index (κ1) is 30.8. The van der Waals surface area contributed by atoms with Gasteiger partial charge in [-0.2, -0.15) is 0 Å². The van der Waals surface area contributed by atoms with Crippen LogP contribution in [0.25, 0.3) is 0 Å². The number of carbonyl (C=O) groups excluding carboxylic acids is 2. The number of likely N-dealkylation sites (N-methyl/N-ethyl adjacent to an activating group) is 1. The van der Waals surface area contributed by atoms with E-state index in [4.69, 9.17) is 4.74 Å². The largest absolute Gasteiger partial charge is 0.495 e. The van der Waals surface area contributed by atoms with E-state index in [1.165, 1.54) is 31.2 Å². The van der Waals surface area contributed by atoms with Crippen molar-refractivity contribution in [1.29, 1.82) is 0 Å². The molecule has 10 heteroatoms. The molecule has 0 fully saturated rings. The third kappa shape index (κ3) is 7.37. The molecule has 1 atom stereocenters. The number of sulfonamides is 1. The first-order valence-corrected chi connectivity index (χ1v) is 15.5. The SMILES string of the molecule is CNC(=O)[C@H](Cc1ccccc1)N(Cc1ccc(Br)cc1)C(=O)CN(c1ccccc1OC)S(=O)(=O)c1ccccc1. The van der Waals surface area contributed by atoms with Gasteiger partial charge in [-0.3, -0.25) is 13.9 Å². The molecule has 0 heterocycles. The van der Waals surface area contributed by atoms with Gasteiger partial charge in [0.15, 0.2) is 0 Å². The van der Waals surface area contributed by atoms with E-state index >= 15 is 0 Å². The summed E-state index contributed by atoms with van der Waals surface area (Å²) in [4.78, 5) is 29.1. The summed E-state index contributed by atoms with van der Waals surface area (Å²) in [7, 11) is -1.25. The van der Waals surface area contributed by atoms with Crippen LogP contribution >= 0.6 is 15.9 Å². The van der Waals surface area contributed by atoms with Crippen molar-refractivity contribution in [2.45, 2.75) is 23.9 Å². The Hall–Kier alpha value is -4.15. The van der Waals surface area contributed by atoms with Gasteiger partial charge in [0.05, 0.1) is 17.7 Å². The monoisotopic (exact) mass is 649 g/mol. The third-order valence-electron chi connectivity index (χ3n) is 6.75. The number of halogens is 1. The number of hydrogen-bond acceptors (Lipinski definition) is 5. The van der Waals surface area contributed by atoms with Crippen LogP contribution in [0, 0.1) is 0 Å². The van der Waals surface area contributed by atoms with Gasteiger partial charge in [-0.15, -0.1) is 0 Å². The fraction of sp³-hybridized carbons (Fsp3) is 0.188. The molecule has 0 aliphatic rings. The molecule has 218 valence electrons. The Morgan fingerprint density at radius 3 is 2.05 bits per heavy atom. The van der Waals surface area contributed by atoms with Crippen LogP contribution in [0.3, 0.4) is 0 Å². The lowest BCUT2D eigenvalue weighted by Gasteiger charge is -2.34. The molecule has 0 aliphatic heterocycles. The molecule has 0 spiro atoms. The second-order valence-corrected chi connectivity index (χ2v) is 12.2. The fourth-order valence-corrected chi connectivity index (χ4v) is 6.29. The fourth-order valence-electron chi connectivity index (χ4n) is 4.58. The van der Waals surface area contributed by atoms with Crippen LogP contribution < -0.4 is 14.4 Å². The lowest BCUT2D eigenvalue weighted by molar-refractivity contribution is -0.139. The Bertz CT molecular complexity index is 1600. The predicted octanol–water partition coefficient (Wildman–Crippen LogP) is 5.04. The molecule has 0 aliphatic carbocycles. The van der Waals surface area contributed by atoms with E-state index in [1.54, 1.807) is 42.5 Å². The number of amides is 2. The molecule has 2 amide bonds. The molecule has 0 bridgehead atoms. The first-order valence-electron chi connectivity index (χ1n) is 13.2. The van der Waals surface area contributed by atoms with E-state index in [0.717, 1.165) is 19.9 Å². The zero-order valence-electron chi connectivity index (χ0n) is 23.3. The normalized spacial score (nSPS) is 11.8. The Morgan fingerprint density at radius 1 is 0.833 bits per heavy atom. The molecule has 0 radical (unpaired) electrons. The average Bonchev–Trinajstić information content (AvgIpc) is 3.02. The molecular formula is C32H32BrN3O5S. The van der Waals surface area contributed by atoms with Crippen molar-refractivity contribution >= 4 is 43.5 Å². The summed E-state index contributed by atoms with van der Waals surface area (Å²) in [5.41, 5.74) is 1.85. The van der Waals surface area contributed by atoms with Gasteiger partial charge in [0.2, 0.25) is 11.8 Å². The van der Waals surface area contributed by atoms with Crippen molar-refractivity contribution in [1.82, 2.24) is 10.2 Å². The molecule has 0 unspecified atom stereocenters. The van der Waals surface area contributed by atoms with Gasteiger partial charge < -0.3 is 15.0 Å². The Balaban J connectivity index is 1.80. The maximum atomic E-state index is 14.3. The highest BCUT2D eigenvalue weighted by molar-refractivity contribution is 9.10. The number of nitrogens with one attached hydrogen (secondary N) is 1. The van der Waals surface area contributed by atoms with Crippen LogP contribution in [0.5, 0.6) is 5.75 Å². The smallest absolute Gasteiger partial charge is 0.264 e. The van der Waals surface area contributed by atoms with Gasteiger partial charge in [-0.25, -0.2) is 8.42 Å². The lowest BCUT2D eigenvalue weighted by Crippen LogP contribution is -2.53. The van der Waals surface area contributed by atoms with E-state index in [-0.39, 0.29) is 35.2 Å². The summed E-state index contributed by atoms with van der Waals surface area (Å²) in [6.45, 7) is -0.474. The molecule has 8 nitrogen and oxygen atoms in total. The highest BCUT2D eigenvalue weighted by atomic mass is 79.9. The number of rotatable bonds is 12. The molecule has 0 saturated heterocycles. The number of anilines is 1. The Kier molecular flexibility index (Phi) is 10.4.